The number of aromatic nitrogens is 2. The van der Waals surface area contributed by atoms with Gasteiger partial charge in [-0.3, -0.25) is 14.3 Å². The molecule has 1 aromatic heterocycles. The average Bonchev–Trinajstić information content (AvgIpc) is 2.89. The summed E-state index contributed by atoms with van der Waals surface area (Å²) in [6.45, 7) is 3.72. The normalized spacial score (nSPS) is 25.5. The molecule has 0 fully saturated rings. The molecule has 124 valence electrons. The summed E-state index contributed by atoms with van der Waals surface area (Å²) in [7, 11) is 3.57. The molecule has 0 aliphatic carbocycles. The van der Waals surface area contributed by atoms with Gasteiger partial charge in [-0.25, -0.2) is 0 Å². The molecule has 2 atom stereocenters. The molecule has 1 N–H and O–H groups in total. The molecular weight excluding hydrogens is 324 g/mol. The maximum Gasteiger partial charge on any atom is 0.252 e. The fourth-order valence-corrected chi connectivity index (χ4v) is 5.29. The number of anilines is 2. The molecule has 2 aromatic rings. The number of fused-ring (bicyclic) bond motifs is 4. The van der Waals surface area contributed by atoms with Gasteiger partial charge in [-0.1, -0.05) is 18.2 Å². The van der Waals surface area contributed by atoms with Crippen molar-refractivity contribution in [1.82, 2.24) is 9.78 Å². The molecule has 2 unspecified atom stereocenters. The van der Waals surface area contributed by atoms with Crippen molar-refractivity contribution in [3.8, 4) is 0 Å². The van der Waals surface area contributed by atoms with Gasteiger partial charge in [0.1, 0.15) is 5.82 Å². The molecule has 0 saturated heterocycles. The topological polar surface area (TPSA) is 67.2 Å². The first-order valence-electron chi connectivity index (χ1n) is 7.78. The van der Waals surface area contributed by atoms with E-state index in [9.17, 15) is 9.59 Å². The second kappa shape index (κ2) is 4.86. The average molecular weight is 342 g/mol. The van der Waals surface area contributed by atoms with Crippen LogP contribution >= 0.6 is 11.8 Å². The quantitative estimate of drug-likeness (QED) is 0.795. The van der Waals surface area contributed by atoms with E-state index in [2.05, 4.69) is 10.4 Å². The summed E-state index contributed by atoms with van der Waals surface area (Å²) in [6, 6.07) is 7.78. The van der Waals surface area contributed by atoms with Crippen molar-refractivity contribution < 1.29 is 9.59 Å². The maximum atomic E-state index is 13.4. The van der Waals surface area contributed by atoms with Crippen LogP contribution < -0.4 is 10.2 Å². The fraction of sp³-hybridized carbons (Fsp3) is 0.353. The third kappa shape index (κ3) is 1.70. The van der Waals surface area contributed by atoms with Crippen LogP contribution in [0.4, 0.5) is 11.5 Å². The van der Waals surface area contributed by atoms with E-state index in [0.29, 0.717) is 5.82 Å². The number of nitrogens with zero attached hydrogens (tertiary/aromatic N) is 3. The van der Waals surface area contributed by atoms with E-state index in [0.717, 1.165) is 22.5 Å². The highest BCUT2D eigenvalue weighted by atomic mass is 32.2. The number of benzene rings is 1. The van der Waals surface area contributed by atoms with E-state index in [-0.39, 0.29) is 17.1 Å². The first kappa shape index (κ1) is 15.3. The Balaban J connectivity index is 2.11. The Labute approximate surface area is 144 Å². The SMILES string of the molecule is Cc1nn(C)c2c1C1(SC(C)C(=O)N2)C(=O)N(C)c2ccccc21. The van der Waals surface area contributed by atoms with Crippen LogP contribution in [0.3, 0.4) is 0 Å². The van der Waals surface area contributed by atoms with Crippen molar-refractivity contribution in [3.63, 3.8) is 0 Å². The Morgan fingerprint density at radius 3 is 2.71 bits per heavy atom. The second-order valence-corrected chi connectivity index (χ2v) is 7.80. The third-order valence-corrected chi connectivity index (χ3v) is 6.31. The van der Waals surface area contributed by atoms with Gasteiger partial charge in [0.25, 0.3) is 5.91 Å². The number of likely N-dealkylation sites (N-methyl/N-ethyl adjacent to an activating group) is 1. The van der Waals surface area contributed by atoms with Crippen molar-refractivity contribution in [3.05, 3.63) is 41.1 Å². The lowest BCUT2D eigenvalue weighted by Gasteiger charge is -2.28. The highest BCUT2D eigenvalue weighted by Gasteiger charge is 2.57. The summed E-state index contributed by atoms with van der Waals surface area (Å²) in [5.41, 5.74) is 3.34. The van der Waals surface area contributed by atoms with Crippen LogP contribution in [0, 0.1) is 6.92 Å². The summed E-state index contributed by atoms with van der Waals surface area (Å²) in [5, 5.41) is 7.05. The Kier molecular flexibility index (Phi) is 3.09. The van der Waals surface area contributed by atoms with Crippen LogP contribution in [0.1, 0.15) is 23.7 Å². The molecule has 0 bridgehead atoms. The number of carbonyl (C=O) groups excluding carboxylic acids is 2. The number of hydrogen-bond acceptors (Lipinski definition) is 4. The monoisotopic (exact) mass is 342 g/mol. The zero-order chi connectivity index (χ0) is 17.2. The highest BCUT2D eigenvalue weighted by Crippen LogP contribution is 2.57. The maximum absolute atomic E-state index is 13.4. The number of rotatable bonds is 0. The van der Waals surface area contributed by atoms with Gasteiger partial charge in [-0.05, 0) is 19.9 Å². The summed E-state index contributed by atoms with van der Waals surface area (Å²) < 4.78 is 0.703. The standard InChI is InChI=1S/C17H18N4O2S/c1-9-13-14(21(4)19-9)18-15(22)10(2)24-17(13)11-7-5-6-8-12(11)20(3)16(17)23/h5-8,10H,1-4H3,(H,18,22). The van der Waals surface area contributed by atoms with Gasteiger partial charge in [-0.2, -0.15) is 5.10 Å². The van der Waals surface area contributed by atoms with E-state index in [1.807, 2.05) is 38.1 Å². The number of nitrogens with one attached hydrogen (secondary N) is 1. The van der Waals surface area contributed by atoms with Crippen molar-refractivity contribution in [2.45, 2.75) is 23.8 Å². The second-order valence-electron chi connectivity index (χ2n) is 6.24. The number of hydrogen-bond donors (Lipinski definition) is 1. The van der Waals surface area contributed by atoms with Gasteiger partial charge in [0, 0.05) is 30.9 Å². The van der Waals surface area contributed by atoms with Crippen LogP contribution in [0.15, 0.2) is 24.3 Å². The third-order valence-electron chi connectivity index (χ3n) is 4.79. The van der Waals surface area contributed by atoms with Crippen molar-refractivity contribution in [1.29, 1.82) is 0 Å². The number of thioether (sulfide) groups is 1. The molecule has 24 heavy (non-hydrogen) atoms. The summed E-state index contributed by atoms with van der Waals surface area (Å²) >= 11 is 1.39. The molecular formula is C17H18N4O2S. The summed E-state index contributed by atoms with van der Waals surface area (Å²) in [5.74, 6) is 0.461. The molecule has 4 rings (SSSR count). The fourth-order valence-electron chi connectivity index (χ4n) is 3.70. The van der Waals surface area contributed by atoms with Gasteiger partial charge in [0.15, 0.2) is 4.75 Å². The summed E-state index contributed by atoms with van der Waals surface area (Å²) in [6.07, 6.45) is 0. The minimum Gasteiger partial charge on any atom is -0.313 e. The van der Waals surface area contributed by atoms with Crippen LogP contribution in [0.5, 0.6) is 0 Å². The minimum atomic E-state index is -0.947. The Hall–Kier alpha value is -2.28. The van der Waals surface area contributed by atoms with Crippen LogP contribution in [-0.4, -0.2) is 33.9 Å². The van der Waals surface area contributed by atoms with E-state index in [4.69, 9.17) is 0 Å². The molecule has 7 heteroatoms. The zero-order valence-electron chi connectivity index (χ0n) is 14.0. The van der Waals surface area contributed by atoms with Gasteiger partial charge >= 0.3 is 0 Å². The predicted molar refractivity (Wildman–Crippen MR) is 94.3 cm³/mol. The van der Waals surface area contributed by atoms with Gasteiger partial charge in [0.2, 0.25) is 5.91 Å². The van der Waals surface area contributed by atoms with E-state index < -0.39 is 4.75 Å². The van der Waals surface area contributed by atoms with Crippen LogP contribution in [0.2, 0.25) is 0 Å². The predicted octanol–water partition coefficient (Wildman–Crippen LogP) is 2.02. The molecule has 0 saturated carbocycles. The molecule has 1 spiro atoms. The molecule has 6 nitrogen and oxygen atoms in total. The van der Waals surface area contributed by atoms with E-state index >= 15 is 0 Å². The molecule has 2 aliphatic heterocycles. The summed E-state index contributed by atoms with van der Waals surface area (Å²) in [4.78, 5) is 27.6. The van der Waals surface area contributed by atoms with E-state index in [1.54, 1.807) is 23.7 Å². The molecule has 2 aliphatic rings. The smallest absolute Gasteiger partial charge is 0.252 e. The molecule has 0 radical (unpaired) electrons. The number of amides is 2. The van der Waals surface area contributed by atoms with E-state index in [1.165, 1.54) is 11.8 Å². The Morgan fingerprint density at radius 1 is 1.25 bits per heavy atom. The number of carbonyl (C=O) groups is 2. The first-order chi connectivity index (χ1) is 11.4. The Bertz CT molecular complexity index is 891. The molecule has 2 amide bonds. The van der Waals surface area contributed by atoms with Crippen molar-refractivity contribution in [2.75, 3.05) is 17.3 Å². The van der Waals surface area contributed by atoms with Gasteiger partial charge < -0.3 is 10.2 Å². The van der Waals surface area contributed by atoms with Crippen LogP contribution in [0.25, 0.3) is 0 Å². The lowest BCUT2D eigenvalue weighted by Crippen LogP contribution is -2.38. The number of para-hydroxylation sites is 1. The highest BCUT2D eigenvalue weighted by molar-refractivity contribution is 8.02. The van der Waals surface area contributed by atoms with Gasteiger partial charge in [-0.15, -0.1) is 11.8 Å². The zero-order valence-corrected chi connectivity index (χ0v) is 14.8. The molecule has 3 heterocycles. The van der Waals surface area contributed by atoms with Crippen molar-refractivity contribution >= 4 is 35.1 Å². The lowest BCUT2D eigenvalue weighted by molar-refractivity contribution is -0.119. The minimum absolute atomic E-state index is 0.0330. The molecule has 1 aromatic carbocycles. The Morgan fingerprint density at radius 2 is 1.96 bits per heavy atom. The lowest BCUT2D eigenvalue weighted by atomic mass is 9.91. The largest absolute Gasteiger partial charge is 0.313 e. The van der Waals surface area contributed by atoms with Gasteiger partial charge in [0.05, 0.1) is 10.9 Å². The number of aryl methyl sites for hydroxylation is 2. The van der Waals surface area contributed by atoms with Crippen molar-refractivity contribution in [2.24, 2.45) is 7.05 Å². The first-order valence-corrected chi connectivity index (χ1v) is 8.66. The van der Waals surface area contributed by atoms with Crippen LogP contribution in [-0.2, 0) is 21.4 Å².